The summed E-state index contributed by atoms with van der Waals surface area (Å²) in [6.45, 7) is 12.7. The smallest absolute Gasteiger partial charge is 0.191 e. The van der Waals surface area contributed by atoms with Crippen LogP contribution < -0.4 is 10.6 Å². The molecule has 134 valence electrons. The summed E-state index contributed by atoms with van der Waals surface area (Å²) in [6.07, 6.45) is 6.68. The monoisotopic (exact) mass is 436 g/mol. The van der Waals surface area contributed by atoms with E-state index in [2.05, 4.69) is 57.8 Å². The first-order chi connectivity index (χ1) is 10.5. The van der Waals surface area contributed by atoms with Gasteiger partial charge in [0.25, 0.3) is 0 Å². The second-order valence-corrected chi connectivity index (χ2v) is 6.01. The van der Waals surface area contributed by atoms with E-state index in [4.69, 9.17) is 0 Å². The quantitative estimate of drug-likeness (QED) is 0.270. The topological polar surface area (TPSA) is 57.5 Å². The number of nitrogens with zero attached hydrogens (tertiary/aromatic N) is 4. The van der Waals surface area contributed by atoms with E-state index < -0.39 is 0 Å². The zero-order chi connectivity index (χ0) is 16.4. The lowest BCUT2D eigenvalue weighted by molar-refractivity contribution is 0.178. The van der Waals surface area contributed by atoms with Crippen molar-refractivity contribution < 1.29 is 0 Å². The molecular weight excluding hydrogens is 403 g/mol. The molecule has 0 saturated carbocycles. The molecule has 0 bridgehead atoms. The number of aryl methyl sites for hydroxylation is 1. The van der Waals surface area contributed by atoms with Crippen molar-refractivity contribution in [3.05, 3.63) is 18.7 Å². The fourth-order valence-corrected chi connectivity index (χ4v) is 2.52. The van der Waals surface area contributed by atoms with Crippen LogP contribution in [0.5, 0.6) is 0 Å². The van der Waals surface area contributed by atoms with E-state index in [1.54, 1.807) is 0 Å². The molecule has 0 atom stereocenters. The SMILES string of the molecule is CN=C(NCCCn1ccnc1)NCCN(C(C)C)C(C)C.I. The Morgan fingerprint density at radius 1 is 1.17 bits per heavy atom. The highest BCUT2D eigenvalue weighted by Crippen LogP contribution is 2.03. The summed E-state index contributed by atoms with van der Waals surface area (Å²) >= 11 is 0. The van der Waals surface area contributed by atoms with Gasteiger partial charge in [0.15, 0.2) is 5.96 Å². The Labute approximate surface area is 158 Å². The van der Waals surface area contributed by atoms with E-state index in [0.29, 0.717) is 12.1 Å². The van der Waals surface area contributed by atoms with Gasteiger partial charge in [-0.25, -0.2) is 4.98 Å². The lowest BCUT2D eigenvalue weighted by Gasteiger charge is -2.30. The maximum atomic E-state index is 4.27. The molecule has 6 nitrogen and oxygen atoms in total. The molecule has 2 N–H and O–H groups in total. The molecule has 1 heterocycles. The van der Waals surface area contributed by atoms with E-state index in [9.17, 15) is 0 Å². The average molecular weight is 436 g/mol. The van der Waals surface area contributed by atoms with Gasteiger partial charge in [-0.3, -0.25) is 9.89 Å². The molecule has 0 radical (unpaired) electrons. The molecular formula is C16H33IN6. The van der Waals surface area contributed by atoms with Gasteiger partial charge in [-0.05, 0) is 34.1 Å². The molecule has 0 spiro atoms. The molecule has 0 unspecified atom stereocenters. The van der Waals surface area contributed by atoms with Crippen molar-refractivity contribution in [2.45, 2.75) is 52.7 Å². The third-order valence-corrected chi connectivity index (χ3v) is 3.66. The molecule has 7 heteroatoms. The second-order valence-electron chi connectivity index (χ2n) is 6.01. The number of aromatic nitrogens is 2. The van der Waals surface area contributed by atoms with E-state index >= 15 is 0 Å². The summed E-state index contributed by atoms with van der Waals surface area (Å²) < 4.78 is 2.08. The molecule has 0 fully saturated rings. The lowest BCUT2D eigenvalue weighted by Crippen LogP contribution is -2.45. The van der Waals surface area contributed by atoms with Crippen molar-refractivity contribution in [3.8, 4) is 0 Å². The highest BCUT2D eigenvalue weighted by molar-refractivity contribution is 14.0. The fourth-order valence-electron chi connectivity index (χ4n) is 2.52. The molecule has 0 amide bonds. The van der Waals surface area contributed by atoms with Crippen molar-refractivity contribution in [1.82, 2.24) is 25.1 Å². The molecule has 0 aliphatic heterocycles. The third-order valence-electron chi connectivity index (χ3n) is 3.66. The second kappa shape index (κ2) is 12.6. The molecule has 1 aromatic heterocycles. The van der Waals surface area contributed by atoms with Crippen LogP contribution in [0.25, 0.3) is 0 Å². The van der Waals surface area contributed by atoms with Gasteiger partial charge < -0.3 is 15.2 Å². The Balaban J connectivity index is 0.00000484. The predicted octanol–water partition coefficient (Wildman–Crippen LogP) is 2.17. The minimum absolute atomic E-state index is 0. The summed E-state index contributed by atoms with van der Waals surface area (Å²) in [6, 6.07) is 1.12. The fraction of sp³-hybridized carbons (Fsp3) is 0.750. The maximum absolute atomic E-state index is 4.27. The number of halogens is 1. The number of aliphatic imine (C=N–C) groups is 1. The van der Waals surface area contributed by atoms with Gasteiger partial charge in [-0.1, -0.05) is 0 Å². The van der Waals surface area contributed by atoms with Crippen LogP contribution in [0.4, 0.5) is 0 Å². The molecule has 0 aliphatic carbocycles. The van der Waals surface area contributed by atoms with Crippen LogP contribution in [0.1, 0.15) is 34.1 Å². The normalized spacial score (nSPS) is 11.9. The van der Waals surface area contributed by atoms with Crippen molar-refractivity contribution in [3.63, 3.8) is 0 Å². The summed E-state index contributed by atoms with van der Waals surface area (Å²) in [5.74, 6) is 0.873. The number of hydrogen-bond acceptors (Lipinski definition) is 3. The van der Waals surface area contributed by atoms with Crippen LogP contribution in [0, 0.1) is 0 Å². The van der Waals surface area contributed by atoms with Gasteiger partial charge in [0.1, 0.15) is 0 Å². The predicted molar refractivity (Wildman–Crippen MR) is 109 cm³/mol. The number of imidazole rings is 1. The highest BCUT2D eigenvalue weighted by Gasteiger charge is 2.12. The van der Waals surface area contributed by atoms with Crippen LogP contribution in [-0.2, 0) is 6.54 Å². The summed E-state index contributed by atoms with van der Waals surface area (Å²) in [5, 5.41) is 6.73. The Morgan fingerprint density at radius 3 is 2.35 bits per heavy atom. The molecule has 0 saturated heterocycles. The van der Waals surface area contributed by atoms with Crippen LogP contribution in [0.2, 0.25) is 0 Å². The molecule has 0 aliphatic rings. The number of nitrogens with one attached hydrogen (secondary N) is 2. The van der Waals surface area contributed by atoms with Gasteiger partial charge in [-0.15, -0.1) is 24.0 Å². The average Bonchev–Trinajstić information content (AvgIpc) is 2.98. The minimum Gasteiger partial charge on any atom is -0.356 e. The van der Waals surface area contributed by atoms with Crippen LogP contribution in [-0.4, -0.2) is 59.2 Å². The van der Waals surface area contributed by atoms with Crippen molar-refractivity contribution in [1.29, 1.82) is 0 Å². The van der Waals surface area contributed by atoms with Crippen LogP contribution in [0.15, 0.2) is 23.7 Å². The lowest BCUT2D eigenvalue weighted by atomic mass is 10.2. The first-order valence-corrected chi connectivity index (χ1v) is 8.20. The van der Waals surface area contributed by atoms with Crippen molar-refractivity contribution >= 4 is 29.9 Å². The van der Waals surface area contributed by atoms with Gasteiger partial charge in [0, 0.05) is 57.7 Å². The van der Waals surface area contributed by atoms with Gasteiger partial charge in [-0.2, -0.15) is 0 Å². The summed E-state index contributed by atoms with van der Waals surface area (Å²) in [5.41, 5.74) is 0. The third kappa shape index (κ3) is 9.14. The Hall–Kier alpha value is -0.830. The largest absolute Gasteiger partial charge is 0.356 e. The number of guanidine groups is 1. The van der Waals surface area contributed by atoms with Gasteiger partial charge in [0.05, 0.1) is 6.33 Å². The Bertz CT molecular complexity index is 408. The van der Waals surface area contributed by atoms with Gasteiger partial charge in [0.2, 0.25) is 0 Å². The summed E-state index contributed by atoms with van der Waals surface area (Å²) in [4.78, 5) is 10.8. The first-order valence-electron chi connectivity index (χ1n) is 8.20. The van der Waals surface area contributed by atoms with E-state index in [1.807, 2.05) is 25.8 Å². The molecule has 23 heavy (non-hydrogen) atoms. The van der Waals surface area contributed by atoms with E-state index in [-0.39, 0.29) is 24.0 Å². The molecule has 1 aromatic rings. The first kappa shape index (κ1) is 22.2. The zero-order valence-electron chi connectivity index (χ0n) is 15.1. The van der Waals surface area contributed by atoms with Crippen molar-refractivity contribution in [2.75, 3.05) is 26.7 Å². The Morgan fingerprint density at radius 2 is 1.83 bits per heavy atom. The zero-order valence-corrected chi connectivity index (χ0v) is 17.4. The number of hydrogen-bond donors (Lipinski definition) is 2. The van der Waals surface area contributed by atoms with E-state index in [1.165, 1.54) is 0 Å². The maximum Gasteiger partial charge on any atom is 0.191 e. The van der Waals surface area contributed by atoms with Crippen LogP contribution >= 0.6 is 24.0 Å². The number of rotatable bonds is 9. The van der Waals surface area contributed by atoms with Crippen molar-refractivity contribution in [2.24, 2.45) is 4.99 Å². The molecule has 1 rings (SSSR count). The highest BCUT2D eigenvalue weighted by atomic mass is 127. The Kier molecular flexibility index (Phi) is 12.1. The standard InChI is InChI=1S/C16H32N6.HI/c1-14(2)22(15(3)4)12-9-20-16(17-5)19-7-6-10-21-11-8-18-13-21;/h8,11,13-15H,6-7,9-10,12H2,1-5H3,(H2,17,19,20);1H. The molecule has 0 aromatic carbocycles. The van der Waals surface area contributed by atoms with Crippen LogP contribution in [0.3, 0.4) is 0 Å². The van der Waals surface area contributed by atoms with Gasteiger partial charge >= 0.3 is 0 Å². The minimum atomic E-state index is 0. The van der Waals surface area contributed by atoms with E-state index in [0.717, 1.165) is 38.6 Å². The summed E-state index contributed by atoms with van der Waals surface area (Å²) in [7, 11) is 1.81.